The van der Waals surface area contributed by atoms with Crippen LogP contribution in [0.15, 0.2) is 12.3 Å². The Balaban J connectivity index is 2.48. The molecule has 19 heavy (non-hydrogen) atoms. The second-order valence-electron chi connectivity index (χ2n) is 3.75. The molecule has 0 saturated heterocycles. The zero-order chi connectivity index (χ0) is 14.5. The highest BCUT2D eigenvalue weighted by Crippen LogP contribution is 2.19. The van der Waals surface area contributed by atoms with Crippen LogP contribution in [-0.2, 0) is 26.6 Å². The molecule has 5 nitrogen and oxygen atoms in total. The van der Waals surface area contributed by atoms with Crippen LogP contribution in [-0.4, -0.2) is 36.2 Å². The van der Waals surface area contributed by atoms with Crippen LogP contribution in [0.5, 0.6) is 0 Å². The Morgan fingerprint density at radius 3 is 2.68 bits per heavy atom. The summed E-state index contributed by atoms with van der Waals surface area (Å²) in [6.07, 6.45) is 1.76. The number of sulfonamides is 1. The van der Waals surface area contributed by atoms with E-state index in [1.54, 1.807) is 0 Å². The van der Waals surface area contributed by atoms with Gasteiger partial charge < -0.3 is 0 Å². The van der Waals surface area contributed by atoms with Crippen molar-refractivity contribution in [3.05, 3.63) is 28.0 Å². The number of aromatic nitrogens is 1. The van der Waals surface area contributed by atoms with Crippen LogP contribution in [0.1, 0.15) is 12.1 Å². The van der Waals surface area contributed by atoms with E-state index < -0.39 is 20.8 Å². The first-order valence-electron chi connectivity index (χ1n) is 5.40. The van der Waals surface area contributed by atoms with Crippen LogP contribution >= 0.6 is 23.2 Å². The molecule has 0 aromatic carbocycles. The van der Waals surface area contributed by atoms with Gasteiger partial charge in [-0.1, -0.05) is 23.2 Å². The molecule has 0 amide bonds. The first kappa shape index (κ1) is 16.8. The van der Waals surface area contributed by atoms with Gasteiger partial charge in [0.1, 0.15) is 0 Å². The van der Waals surface area contributed by atoms with E-state index in [-0.39, 0.29) is 17.3 Å². The zero-order valence-electron chi connectivity index (χ0n) is 10.2. The first-order valence-corrected chi connectivity index (χ1v) is 9.30. The van der Waals surface area contributed by atoms with Crippen molar-refractivity contribution >= 4 is 44.0 Å². The molecule has 1 N–H and O–H groups in total. The van der Waals surface area contributed by atoms with Gasteiger partial charge in [0.25, 0.3) is 0 Å². The molecule has 1 aromatic heterocycles. The summed E-state index contributed by atoms with van der Waals surface area (Å²) in [5.41, 5.74) is 0.501. The molecule has 0 aliphatic carbocycles. The van der Waals surface area contributed by atoms with Gasteiger partial charge in [0.05, 0.1) is 27.2 Å². The molecule has 1 aromatic rings. The number of pyridine rings is 1. The number of nitrogens with zero attached hydrogens (tertiary/aromatic N) is 1. The third-order valence-corrected chi connectivity index (χ3v) is 5.60. The minimum atomic E-state index is -3.25. The van der Waals surface area contributed by atoms with Crippen molar-refractivity contribution in [2.45, 2.75) is 12.2 Å². The summed E-state index contributed by atoms with van der Waals surface area (Å²) < 4.78 is 36.3. The Hall–Kier alpha value is -0.210. The maximum Gasteiger partial charge on any atom is 0.211 e. The lowest BCUT2D eigenvalue weighted by Gasteiger charge is -2.05. The SMILES string of the molecule is CNS(=O)(=O)CCC[S@](=O)Cc1ncc(Cl)cc1Cl. The summed E-state index contributed by atoms with van der Waals surface area (Å²) in [7, 11) is -3.10. The van der Waals surface area contributed by atoms with Gasteiger partial charge in [0, 0.05) is 22.7 Å². The summed E-state index contributed by atoms with van der Waals surface area (Å²) in [4.78, 5) is 4.00. The van der Waals surface area contributed by atoms with Gasteiger partial charge >= 0.3 is 0 Å². The normalized spacial score (nSPS) is 13.4. The van der Waals surface area contributed by atoms with E-state index in [1.165, 1.54) is 19.3 Å². The van der Waals surface area contributed by atoms with Crippen LogP contribution in [0.4, 0.5) is 0 Å². The van der Waals surface area contributed by atoms with Gasteiger partial charge in [-0.3, -0.25) is 9.19 Å². The summed E-state index contributed by atoms with van der Waals surface area (Å²) >= 11 is 11.6. The maximum atomic E-state index is 11.8. The Morgan fingerprint density at radius 2 is 2.11 bits per heavy atom. The highest BCUT2D eigenvalue weighted by molar-refractivity contribution is 7.89. The summed E-state index contributed by atoms with van der Waals surface area (Å²) in [6, 6.07) is 1.54. The average molecular weight is 345 g/mol. The van der Waals surface area contributed by atoms with Crippen LogP contribution in [0, 0.1) is 0 Å². The predicted molar refractivity (Wildman–Crippen MR) is 78.4 cm³/mol. The second kappa shape index (κ2) is 7.54. The molecular formula is C10H14Cl2N2O3S2. The number of halogens is 2. The molecule has 0 aliphatic heterocycles. The topological polar surface area (TPSA) is 76.1 Å². The summed E-state index contributed by atoms with van der Waals surface area (Å²) in [5, 5.41) is 0.781. The third-order valence-electron chi connectivity index (χ3n) is 2.28. The van der Waals surface area contributed by atoms with Gasteiger partial charge in [-0.05, 0) is 19.5 Å². The smallest absolute Gasteiger partial charge is 0.211 e. The molecule has 0 saturated carbocycles. The molecule has 1 heterocycles. The molecule has 0 spiro atoms. The molecule has 0 radical (unpaired) electrons. The number of hydrogen-bond donors (Lipinski definition) is 1. The van der Waals surface area contributed by atoms with E-state index in [2.05, 4.69) is 9.71 Å². The monoisotopic (exact) mass is 344 g/mol. The lowest BCUT2D eigenvalue weighted by atomic mass is 10.4. The van der Waals surface area contributed by atoms with E-state index in [9.17, 15) is 12.6 Å². The summed E-state index contributed by atoms with van der Waals surface area (Å²) in [5.74, 6) is 0.425. The van der Waals surface area contributed by atoms with Crippen LogP contribution in [0.25, 0.3) is 0 Å². The maximum absolute atomic E-state index is 11.8. The minimum Gasteiger partial charge on any atom is -0.259 e. The fourth-order valence-electron chi connectivity index (χ4n) is 1.29. The molecule has 108 valence electrons. The highest BCUT2D eigenvalue weighted by atomic mass is 35.5. The van der Waals surface area contributed by atoms with Gasteiger partial charge in [-0.2, -0.15) is 0 Å². The molecule has 0 bridgehead atoms. The van der Waals surface area contributed by atoms with Crippen molar-refractivity contribution in [1.82, 2.24) is 9.71 Å². The largest absolute Gasteiger partial charge is 0.259 e. The molecular weight excluding hydrogens is 331 g/mol. The molecule has 1 atom stereocenters. The van der Waals surface area contributed by atoms with E-state index in [1.807, 2.05) is 0 Å². The lowest BCUT2D eigenvalue weighted by Crippen LogP contribution is -2.23. The van der Waals surface area contributed by atoms with E-state index >= 15 is 0 Å². The van der Waals surface area contributed by atoms with Crippen molar-refractivity contribution in [2.24, 2.45) is 0 Å². The standard InChI is InChI=1S/C10H14Cl2N2O3S2/c1-13-19(16,17)4-2-3-18(15)7-10-9(12)5-8(11)6-14-10/h5-6,13H,2-4,7H2,1H3/t18-/m0/s1. The van der Waals surface area contributed by atoms with Crippen molar-refractivity contribution in [3.8, 4) is 0 Å². The molecule has 1 rings (SSSR count). The zero-order valence-corrected chi connectivity index (χ0v) is 13.4. The van der Waals surface area contributed by atoms with Gasteiger partial charge in [0.15, 0.2) is 0 Å². The van der Waals surface area contributed by atoms with E-state index in [0.29, 0.717) is 22.2 Å². The molecule has 9 heteroatoms. The number of nitrogens with one attached hydrogen (secondary N) is 1. The number of hydrogen-bond acceptors (Lipinski definition) is 4. The first-order chi connectivity index (χ1) is 8.84. The van der Waals surface area contributed by atoms with E-state index in [4.69, 9.17) is 23.2 Å². The Kier molecular flexibility index (Phi) is 6.68. The molecule has 0 unspecified atom stereocenters. The van der Waals surface area contributed by atoms with Gasteiger partial charge in [-0.25, -0.2) is 13.1 Å². The second-order valence-corrected chi connectivity index (χ2v) is 8.21. The highest BCUT2D eigenvalue weighted by Gasteiger charge is 2.11. The minimum absolute atomic E-state index is 0.0446. The quantitative estimate of drug-likeness (QED) is 0.814. The fraction of sp³-hybridized carbons (Fsp3) is 0.500. The number of rotatable bonds is 7. The molecule has 0 fully saturated rings. The van der Waals surface area contributed by atoms with Crippen molar-refractivity contribution in [3.63, 3.8) is 0 Å². The van der Waals surface area contributed by atoms with Crippen molar-refractivity contribution in [1.29, 1.82) is 0 Å². The average Bonchev–Trinajstić information content (AvgIpc) is 2.32. The fourth-order valence-corrected chi connectivity index (χ4v) is 3.87. The predicted octanol–water partition coefficient (Wildman–Crippen LogP) is 1.58. The Bertz CT molecular complexity index is 564. The molecule has 0 aliphatic rings. The summed E-state index contributed by atoms with van der Waals surface area (Å²) in [6.45, 7) is 0. The van der Waals surface area contributed by atoms with Gasteiger partial charge in [0.2, 0.25) is 10.0 Å². The lowest BCUT2D eigenvalue weighted by molar-refractivity contribution is 0.587. The van der Waals surface area contributed by atoms with Gasteiger partial charge in [-0.15, -0.1) is 0 Å². The van der Waals surface area contributed by atoms with Crippen molar-refractivity contribution in [2.75, 3.05) is 18.6 Å². The van der Waals surface area contributed by atoms with E-state index in [0.717, 1.165) is 0 Å². The van der Waals surface area contributed by atoms with Crippen LogP contribution < -0.4 is 4.72 Å². The third kappa shape index (κ3) is 6.18. The van der Waals surface area contributed by atoms with Crippen LogP contribution in [0.3, 0.4) is 0 Å². The Morgan fingerprint density at radius 1 is 1.42 bits per heavy atom. The van der Waals surface area contributed by atoms with Crippen molar-refractivity contribution < 1.29 is 12.6 Å². The Labute approximate surface area is 125 Å². The van der Waals surface area contributed by atoms with Crippen LogP contribution in [0.2, 0.25) is 10.0 Å².